The van der Waals surface area contributed by atoms with Gasteiger partial charge in [-0.15, -0.1) is 12.4 Å². The number of carbonyl (C=O) groups is 1. The van der Waals surface area contributed by atoms with Crippen molar-refractivity contribution in [1.82, 2.24) is 20.4 Å². The first-order valence-electron chi connectivity index (χ1n) is 7.80. The van der Waals surface area contributed by atoms with E-state index in [0.717, 1.165) is 12.1 Å². The molecule has 2 N–H and O–H groups in total. The molecule has 0 atom stereocenters. The minimum absolute atomic E-state index is 0. The predicted molar refractivity (Wildman–Crippen MR) is 98.9 cm³/mol. The number of halogens is 1. The molecule has 2 aromatic rings. The van der Waals surface area contributed by atoms with Crippen LogP contribution in [-0.4, -0.2) is 49.0 Å². The Morgan fingerprint density at radius 1 is 1.12 bits per heavy atom. The standard InChI is InChI=1S/C17H22N4O3.ClH/c1-24-12-11-18-9-10-19-16(22)13-21-17(23)8-7-15(20-21)14-5-3-2-4-6-14;/h2-8,18H,9-13H2,1H3,(H,19,22);1H. The molecule has 1 aromatic heterocycles. The van der Waals surface area contributed by atoms with Gasteiger partial charge in [0.2, 0.25) is 5.91 Å². The van der Waals surface area contributed by atoms with Gasteiger partial charge in [-0.1, -0.05) is 30.3 Å². The molecule has 0 spiro atoms. The molecule has 0 saturated carbocycles. The molecule has 1 amide bonds. The van der Waals surface area contributed by atoms with Gasteiger partial charge in [-0.25, -0.2) is 4.68 Å². The molecule has 0 fully saturated rings. The fraction of sp³-hybridized carbons (Fsp3) is 0.353. The van der Waals surface area contributed by atoms with E-state index >= 15 is 0 Å². The van der Waals surface area contributed by atoms with Crippen LogP contribution in [0.4, 0.5) is 0 Å². The number of ether oxygens (including phenoxy) is 1. The van der Waals surface area contributed by atoms with Crippen molar-refractivity contribution in [1.29, 1.82) is 0 Å². The Hall–Kier alpha value is -2.22. The van der Waals surface area contributed by atoms with Gasteiger partial charge in [0.25, 0.3) is 5.56 Å². The minimum atomic E-state index is -0.303. The van der Waals surface area contributed by atoms with Gasteiger partial charge in [0, 0.05) is 38.4 Å². The fourth-order valence-electron chi connectivity index (χ4n) is 2.11. The van der Waals surface area contributed by atoms with Gasteiger partial charge in [-0.2, -0.15) is 5.10 Å². The lowest BCUT2D eigenvalue weighted by molar-refractivity contribution is -0.121. The summed E-state index contributed by atoms with van der Waals surface area (Å²) >= 11 is 0. The van der Waals surface area contributed by atoms with Crippen molar-refractivity contribution in [2.24, 2.45) is 0 Å². The van der Waals surface area contributed by atoms with Crippen molar-refractivity contribution in [2.45, 2.75) is 6.54 Å². The lowest BCUT2D eigenvalue weighted by Gasteiger charge is -2.09. The predicted octanol–water partition coefficient (Wildman–Crippen LogP) is 0.684. The number of carbonyl (C=O) groups excluding carboxylic acids is 1. The third-order valence-electron chi connectivity index (χ3n) is 3.34. The van der Waals surface area contributed by atoms with Gasteiger partial charge in [-0.3, -0.25) is 9.59 Å². The SMILES string of the molecule is COCCNCCNC(=O)Cn1nc(-c2ccccc2)ccc1=O.Cl. The van der Waals surface area contributed by atoms with Crippen LogP contribution in [0.25, 0.3) is 11.3 Å². The molecule has 2 rings (SSSR count). The molecule has 136 valence electrons. The monoisotopic (exact) mass is 366 g/mol. The fourth-order valence-corrected chi connectivity index (χ4v) is 2.11. The van der Waals surface area contributed by atoms with Crippen LogP contribution in [0.15, 0.2) is 47.3 Å². The first kappa shape index (κ1) is 20.8. The second kappa shape index (κ2) is 11.4. The number of rotatable bonds is 9. The normalized spacial score (nSPS) is 10.1. The van der Waals surface area contributed by atoms with E-state index in [1.54, 1.807) is 13.2 Å². The van der Waals surface area contributed by atoms with Crippen LogP contribution >= 0.6 is 12.4 Å². The van der Waals surface area contributed by atoms with Crippen LogP contribution in [0.2, 0.25) is 0 Å². The molecular formula is C17H23ClN4O3. The molecule has 25 heavy (non-hydrogen) atoms. The summed E-state index contributed by atoms with van der Waals surface area (Å²) in [6.07, 6.45) is 0. The Bertz CT molecular complexity index is 707. The van der Waals surface area contributed by atoms with Crippen molar-refractivity contribution in [3.05, 3.63) is 52.8 Å². The van der Waals surface area contributed by atoms with E-state index in [9.17, 15) is 9.59 Å². The minimum Gasteiger partial charge on any atom is -0.383 e. The molecular weight excluding hydrogens is 344 g/mol. The van der Waals surface area contributed by atoms with Crippen LogP contribution in [0.5, 0.6) is 0 Å². The summed E-state index contributed by atoms with van der Waals surface area (Å²) < 4.78 is 6.09. The smallest absolute Gasteiger partial charge is 0.267 e. The maximum absolute atomic E-state index is 11.9. The third-order valence-corrected chi connectivity index (χ3v) is 3.34. The number of nitrogens with one attached hydrogen (secondary N) is 2. The van der Waals surface area contributed by atoms with E-state index in [0.29, 0.717) is 25.4 Å². The van der Waals surface area contributed by atoms with Gasteiger partial charge in [0.05, 0.1) is 12.3 Å². The molecule has 0 unspecified atom stereocenters. The summed E-state index contributed by atoms with van der Waals surface area (Å²) in [5, 5.41) is 10.1. The van der Waals surface area contributed by atoms with Crippen LogP contribution in [-0.2, 0) is 16.1 Å². The maximum Gasteiger partial charge on any atom is 0.267 e. The highest BCUT2D eigenvalue weighted by Gasteiger charge is 2.07. The average Bonchev–Trinajstić information content (AvgIpc) is 2.60. The molecule has 7 nitrogen and oxygen atoms in total. The molecule has 8 heteroatoms. The van der Waals surface area contributed by atoms with Crippen molar-refractivity contribution in [2.75, 3.05) is 33.4 Å². The van der Waals surface area contributed by atoms with Crippen molar-refractivity contribution >= 4 is 18.3 Å². The topological polar surface area (TPSA) is 85.2 Å². The van der Waals surface area contributed by atoms with Gasteiger partial charge in [-0.05, 0) is 6.07 Å². The van der Waals surface area contributed by atoms with Crippen LogP contribution < -0.4 is 16.2 Å². The highest BCUT2D eigenvalue weighted by Crippen LogP contribution is 2.13. The number of hydrogen-bond acceptors (Lipinski definition) is 5. The zero-order chi connectivity index (χ0) is 17.2. The lowest BCUT2D eigenvalue weighted by atomic mass is 10.1. The number of hydrogen-bond donors (Lipinski definition) is 2. The van der Waals surface area contributed by atoms with Crippen LogP contribution in [0.1, 0.15) is 0 Å². The number of amides is 1. The zero-order valence-electron chi connectivity index (χ0n) is 14.1. The summed E-state index contributed by atoms with van der Waals surface area (Å²) in [5.41, 5.74) is 1.25. The number of methoxy groups -OCH3 is 1. The Labute approximate surface area is 152 Å². The van der Waals surface area contributed by atoms with Crippen LogP contribution in [0.3, 0.4) is 0 Å². The highest BCUT2D eigenvalue weighted by molar-refractivity contribution is 5.85. The molecule has 1 heterocycles. The first-order valence-corrected chi connectivity index (χ1v) is 7.80. The summed E-state index contributed by atoms with van der Waals surface area (Å²) in [6, 6.07) is 12.6. The molecule has 0 aliphatic carbocycles. The van der Waals surface area contributed by atoms with Gasteiger partial charge in [0.1, 0.15) is 6.54 Å². The van der Waals surface area contributed by atoms with Crippen molar-refractivity contribution < 1.29 is 9.53 Å². The Kier molecular flexibility index (Phi) is 9.46. The van der Waals surface area contributed by atoms with Gasteiger partial charge >= 0.3 is 0 Å². The summed E-state index contributed by atoms with van der Waals surface area (Å²) in [4.78, 5) is 23.8. The third kappa shape index (κ3) is 7.04. The van der Waals surface area contributed by atoms with Gasteiger partial charge < -0.3 is 15.4 Å². The molecule has 0 saturated heterocycles. The Morgan fingerprint density at radius 2 is 1.88 bits per heavy atom. The van der Waals surface area contributed by atoms with E-state index in [4.69, 9.17) is 4.74 Å². The Balaban J connectivity index is 0.00000312. The number of aromatic nitrogens is 2. The zero-order valence-corrected chi connectivity index (χ0v) is 14.9. The van der Waals surface area contributed by atoms with E-state index in [-0.39, 0.29) is 30.4 Å². The summed E-state index contributed by atoms with van der Waals surface area (Å²) in [6.45, 7) is 2.38. The summed E-state index contributed by atoms with van der Waals surface area (Å²) in [5.74, 6) is -0.247. The van der Waals surface area contributed by atoms with Crippen molar-refractivity contribution in [3.8, 4) is 11.3 Å². The van der Waals surface area contributed by atoms with Crippen molar-refractivity contribution in [3.63, 3.8) is 0 Å². The first-order chi connectivity index (χ1) is 11.7. The quantitative estimate of drug-likeness (QED) is 0.638. The molecule has 0 aliphatic heterocycles. The molecule has 0 radical (unpaired) electrons. The van der Waals surface area contributed by atoms with E-state index in [1.165, 1.54) is 10.7 Å². The van der Waals surface area contributed by atoms with E-state index < -0.39 is 0 Å². The van der Waals surface area contributed by atoms with Gasteiger partial charge in [0.15, 0.2) is 0 Å². The number of nitrogens with zero attached hydrogens (tertiary/aromatic N) is 2. The molecule has 1 aromatic carbocycles. The lowest BCUT2D eigenvalue weighted by Crippen LogP contribution is -2.37. The van der Waals surface area contributed by atoms with E-state index in [2.05, 4.69) is 15.7 Å². The largest absolute Gasteiger partial charge is 0.383 e. The maximum atomic E-state index is 11.9. The number of benzene rings is 1. The molecule has 0 bridgehead atoms. The summed E-state index contributed by atoms with van der Waals surface area (Å²) in [7, 11) is 1.64. The Morgan fingerprint density at radius 3 is 2.60 bits per heavy atom. The second-order valence-corrected chi connectivity index (χ2v) is 5.17. The molecule has 0 aliphatic rings. The van der Waals surface area contributed by atoms with E-state index in [1.807, 2.05) is 30.3 Å². The van der Waals surface area contributed by atoms with Crippen LogP contribution in [0, 0.1) is 0 Å². The average molecular weight is 367 g/mol. The second-order valence-electron chi connectivity index (χ2n) is 5.17. The highest BCUT2D eigenvalue weighted by atomic mass is 35.5.